The topological polar surface area (TPSA) is 57.2 Å². The molecule has 2 saturated heterocycles. The molecule has 0 saturated carbocycles. The standard InChI is InChI=1S/C21H29NO5/c1-24-14-8-18(23)22-11-9-21(10-12-22)16-6-4-13-26-19(16)15-5-3-7-17(25-2)20(15)27-21/h3,5,7,16,19H,4,6,8-14H2,1-2H3/t16-,19+/m0/s1. The van der Waals surface area contributed by atoms with Gasteiger partial charge in [-0.25, -0.2) is 0 Å². The minimum Gasteiger partial charge on any atom is -0.493 e. The van der Waals surface area contributed by atoms with Crippen molar-refractivity contribution in [3.8, 4) is 11.5 Å². The zero-order valence-electron chi connectivity index (χ0n) is 16.2. The minimum atomic E-state index is -0.287. The molecule has 6 heteroatoms. The van der Waals surface area contributed by atoms with Crippen LogP contribution in [0.25, 0.3) is 0 Å². The molecular weight excluding hydrogens is 346 g/mol. The van der Waals surface area contributed by atoms with Gasteiger partial charge in [-0.2, -0.15) is 0 Å². The summed E-state index contributed by atoms with van der Waals surface area (Å²) < 4.78 is 23.5. The van der Waals surface area contributed by atoms with E-state index in [4.69, 9.17) is 18.9 Å². The summed E-state index contributed by atoms with van der Waals surface area (Å²) in [4.78, 5) is 14.3. The molecule has 0 radical (unpaired) electrons. The maximum Gasteiger partial charge on any atom is 0.224 e. The van der Waals surface area contributed by atoms with Gasteiger partial charge < -0.3 is 23.8 Å². The van der Waals surface area contributed by atoms with Crippen LogP contribution in [0.2, 0.25) is 0 Å². The second-order valence-corrected chi connectivity index (χ2v) is 7.71. The monoisotopic (exact) mass is 375 g/mol. The van der Waals surface area contributed by atoms with Crippen LogP contribution in [0, 0.1) is 5.92 Å². The second kappa shape index (κ2) is 7.68. The fraction of sp³-hybridized carbons (Fsp3) is 0.667. The van der Waals surface area contributed by atoms with E-state index < -0.39 is 0 Å². The quantitative estimate of drug-likeness (QED) is 0.810. The smallest absolute Gasteiger partial charge is 0.224 e. The van der Waals surface area contributed by atoms with Crippen LogP contribution < -0.4 is 9.47 Å². The van der Waals surface area contributed by atoms with Crippen molar-refractivity contribution in [1.29, 1.82) is 0 Å². The Morgan fingerprint density at radius 1 is 1.30 bits per heavy atom. The van der Waals surface area contributed by atoms with Gasteiger partial charge >= 0.3 is 0 Å². The highest BCUT2D eigenvalue weighted by Crippen LogP contribution is 2.55. The fourth-order valence-corrected chi connectivity index (χ4v) is 4.89. The highest BCUT2D eigenvalue weighted by atomic mass is 16.5. The number of rotatable bonds is 4. The zero-order chi connectivity index (χ0) is 18.9. The largest absolute Gasteiger partial charge is 0.493 e. The lowest BCUT2D eigenvalue weighted by molar-refractivity contribution is -0.157. The molecule has 3 heterocycles. The van der Waals surface area contributed by atoms with E-state index in [-0.39, 0.29) is 17.6 Å². The lowest BCUT2D eigenvalue weighted by Gasteiger charge is -2.53. The SMILES string of the molecule is COCCC(=O)N1CCC2(CC1)Oc1c(OC)cccc1[C@H]1OCCC[C@@H]12. The Bertz CT molecular complexity index is 683. The van der Waals surface area contributed by atoms with Gasteiger partial charge in [-0.3, -0.25) is 4.79 Å². The second-order valence-electron chi connectivity index (χ2n) is 7.71. The van der Waals surface area contributed by atoms with Crippen molar-refractivity contribution >= 4 is 5.91 Å². The Morgan fingerprint density at radius 2 is 2.11 bits per heavy atom. The summed E-state index contributed by atoms with van der Waals surface area (Å²) in [5.74, 6) is 2.07. The Labute approximate surface area is 160 Å². The molecule has 1 amide bonds. The normalized spacial score (nSPS) is 26.1. The van der Waals surface area contributed by atoms with Crippen LogP contribution in [-0.2, 0) is 14.3 Å². The summed E-state index contributed by atoms with van der Waals surface area (Å²) in [6, 6.07) is 6.04. The van der Waals surface area contributed by atoms with E-state index in [0.717, 1.165) is 62.4 Å². The van der Waals surface area contributed by atoms with Crippen LogP contribution >= 0.6 is 0 Å². The Hall–Kier alpha value is -1.79. The summed E-state index contributed by atoms with van der Waals surface area (Å²) >= 11 is 0. The van der Waals surface area contributed by atoms with Crippen molar-refractivity contribution in [2.75, 3.05) is 40.5 Å². The van der Waals surface area contributed by atoms with Gasteiger partial charge in [0.2, 0.25) is 5.91 Å². The number of nitrogens with zero attached hydrogens (tertiary/aromatic N) is 1. The third kappa shape index (κ3) is 3.29. The van der Waals surface area contributed by atoms with Gasteiger partial charge in [-0.05, 0) is 18.9 Å². The minimum absolute atomic E-state index is 0.0494. The van der Waals surface area contributed by atoms with Crippen molar-refractivity contribution in [3.05, 3.63) is 23.8 Å². The fourth-order valence-electron chi connectivity index (χ4n) is 4.89. The summed E-state index contributed by atoms with van der Waals surface area (Å²) in [5, 5.41) is 0. The number of fused-ring (bicyclic) bond motifs is 4. The molecule has 27 heavy (non-hydrogen) atoms. The average molecular weight is 375 g/mol. The van der Waals surface area contributed by atoms with Gasteiger partial charge in [0.25, 0.3) is 0 Å². The third-order valence-electron chi connectivity index (χ3n) is 6.32. The van der Waals surface area contributed by atoms with E-state index in [2.05, 4.69) is 6.07 Å². The number of hydrogen-bond acceptors (Lipinski definition) is 5. The van der Waals surface area contributed by atoms with E-state index >= 15 is 0 Å². The lowest BCUT2D eigenvalue weighted by atomic mass is 9.70. The molecular formula is C21H29NO5. The van der Waals surface area contributed by atoms with Crippen LogP contribution in [0.4, 0.5) is 0 Å². The number of carbonyl (C=O) groups excluding carboxylic acids is 1. The number of methoxy groups -OCH3 is 2. The molecule has 1 aromatic rings. The average Bonchev–Trinajstić information content (AvgIpc) is 2.72. The van der Waals surface area contributed by atoms with Crippen molar-refractivity contribution in [1.82, 2.24) is 4.90 Å². The molecule has 0 aromatic heterocycles. The highest BCUT2D eigenvalue weighted by Gasteiger charge is 2.53. The van der Waals surface area contributed by atoms with Gasteiger partial charge in [0.15, 0.2) is 11.5 Å². The molecule has 2 fully saturated rings. The predicted octanol–water partition coefficient (Wildman–Crippen LogP) is 2.95. The molecule has 0 unspecified atom stereocenters. The summed E-state index contributed by atoms with van der Waals surface area (Å²) in [7, 11) is 3.30. The van der Waals surface area contributed by atoms with Crippen molar-refractivity contribution in [2.45, 2.75) is 43.8 Å². The molecule has 148 valence electrons. The van der Waals surface area contributed by atoms with E-state index in [1.165, 1.54) is 0 Å². The van der Waals surface area contributed by atoms with E-state index in [9.17, 15) is 4.79 Å². The van der Waals surface area contributed by atoms with E-state index in [1.54, 1.807) is 14.2 Å². The Morgan fingerprint density at radius 3 is 2.85 bits per heavy atom. The first-order valence-electron chi connectivity index (χ1n) is 9.93. The van der Waals surface area contributed by atoms with Gasteiger partial charge in [-0.1, -0.05) is 12.1 Å². The third-order valence-corrected chi connectivity index (χ3v) is 6.32. The lowest BCUT2D eigenvalue weighted by Crippen LogP contribution is -2.57. The number of amides is 1. The zero-order valence-corrected chi connectivity index (χ0v) is 16.2. The molecule has 0 bridgehead atoms. The summed E-state index contributed by atoms with van der Waals surface area (Å²) in [5.41, 5.74) is 0.813. The van der Waals surface area contributed by atoms with Crippen LogP contribution in [0.5, 0.6) is 11.5 Å². The van der Waals surface area contributed by atoms with Crippen LogP contribution in [-0.4, -0.2) is 56.9 Å². The van der Waals surface area contributed by atoms with Gasteiger partial charge in [-0.15, -0.1) is 0 Å². The van der Waals surface area contributed by atoms with Crippen LogP contribution in [0.15, 0.2) is 18.2 Å². The Kier molecular flexibility index (Phi) is 5.28. The van der Waals surface area contributed by atoms with Crippen molar-refractivity contribution < 1.29 is 23.7 Å². The van der Waals surface area contributed by atoms with Gasteiger partial charge in [0.1, 0.15) is 5.60 Å². The number of ether oxygens (including phenoxy) is 4. The number of likely N-dealkylation sites (tertiary alicyclic amines) is 1. The molecule has 6 nitrogen and oxygen atoms in total. The van der Waals surface area contributed by atoms with E-state index in [1.807, 2.05) is 17.0 Å². The first kappa shape index (κ1) is 18.6. The van der Waals surface area contributed by atoms with Gasteiger partial charge in [0.05, 0.1) is 26.2 Å². The molecule has 4 rings (SSSR count). The van der Waals surface area contributed by atoms with Crippen molar-refractivity contribution in [3.63, 3.8) is 0 Å². The Balaban J connectivity index is 1.58. The molecule has 0 N–H and O–H groups in total. The number of piperidine rings is 1. The number of benzene rings is 1. The van der Waals surface area contributed by atoms with Crippen LogP contribution in [0.3, 0.4) is 0 Å². The van der Waals surface area contributed by atoms with Gasteiger partial charge in [0, 0.05) is 51.1 Å². The van der Waals surface area contributed by atoms with Crippen molar-refractivity contribution in [2.24, 2.45) is 5.92 Å². The molecule has 2 atom stereocenters. The summed E-state index contributed by atoms with van der Waals surface area (Å²) in [6.07, 6.45) is 4.30. The molecule has 3 aliphatic heterocycles. The van der Waals surface area contributed by atoms with E-state index in [0.29, 0.717) is 18.9 Å². The first-order valence-corrected chi connectivity index (χ1v) is 9.93. The maximum atomic E-state index is 12.4. The predicted molar refractivity (Wildman–Crippen MR) is 100 cm³/mol. The molecule has 1 aromatic carbocycles. The number of carbonyl (C=O) groups is 1. The maximum absolute atomic E-state index is 12.4. The van der Waals surface area contributed by atoms with Crippen LogP contribution in [0.1, 0.15) is 43.8 Å². The number of para-hydroxylation sites is 1. The molecule has 1 spiro atoms. The highest BCUT2D eigenvalue weighted by molar-refractivity contribution is 5.76. The summed E-state index contributed by atoms with van der Waals surface area (Å²) in [6.45, 7) is 2.70. The number of hydrogen-bond donors (Lipinski definition) is 0. The molecule has 0 aliphatic carbocycles. The first-order chi connectivity index (χ1) is 13.2. The molecule has 3 aliphatic rings.